The molecule has 1 unspecified atom stereocenters. The van der Waals surface area contributed by atoms with Gasteiger partial charge in [-0.3, -0.25) is 4.79 Å². The largest absolute Gasteiger partial charge is 0.493 e. The highest BCUT2D eigenvalue weighted by Crippen LogP contribution is 2.32. The first-order chi connectivity index (χ1) is 9.20. The van der Waals surface area contributed by atoms with Crippen molar-refractivity contribution < 1.29 is 9.53 Å². The predicted octanol–water partition coefficient (Wildman–Crippen LogP) is 2.68. The number of rotatable bonds is 5. The minimum atomic E-state index is 0.00691. The molecule has 1 atom stereocenters. The van der Waals surface area contributed by atoms with Crippen molar-refractivity contribution in [3.05, 3.63) is 23.2 Å². The van der Waals surface area contributed by atoms with Gasteiger partial charge >= 0.3 is 0 Å². The van der Waals surface area contributed by atoms with Gasteiger partial charge in [-0.25, -0.2) is 0 Å². The fourth-order valence-electron chi connectivity index (χ4n) is 2.32. The number of ether oxygens (including phenoxy) is 1. The highest BCUT2D eigenvalue weighted by atomic mass is 35.5. The maximum Gasteiger partial charge on any atom is 0.224 e. The molecule has 0 saturated carbocycles. The number of carbonyl (C=O) groups is 1. The molecule has 4 nitrogen and oxygen atoms in total. The molecule has 1 heterocycles. The Balaban J connectivity index is 1.89. The Morgan fingerprint density at radius 1 is 1.58 bits per heavy atom. The van der Waals surface area contributed by atoms with Gasteiger partial charge in [0.25, 0.3) is 0 Å². The van der Waals surface area contributed by atoms with E-state index in [0.29, 0.717) is 28.8 Å². The molecule has 1 aromatic rings. The molecule has 1 aliphatic rings. The Morgan fingerprint density at radius 2 is 2.42 bits per heavy atom. The molecule has 2 rings (SSSR count). The summed E-state index contributed by atoms with van der Waals surface area (Å²) in [4.78, 5) is 11.9. The molecule has 0 spiro atoms. The van der Waals surface area contributed by atoms with Gasteiger partial charge in [-0.05, 0) is 44.0 Å². The molecule has 5 heteroatoms. The van der Waals surface area contributed by atoms with Crippen LogP contribution < -0.4 is 15.4 Å². The maximum absolute atomic E-state index is 11.9. The Morgan fingerprint density at radius 3 is 3.11 bits per heavy atom. The zero-order chi connectivity index (χ0) is 13.7. The third-order valence-corrected chi connectivity index (χ3v) is 3.68. The predicted molar refractivity (Wildman–Crippen MR) is 76.8 cm³/mol. The van der Waals surface area contributed by atoms with Gasteiger partial charge in [0.15, 0.2) is 5.75 Å². The Bertz CT molecular complexity index is 445. The zero-order valence-electron chi connectivity index (χ0n) is 11.0. The topological polar surface area (TPSA) is 50.4 Å². The molecule has 1 saturated heterocycles. The summed E-state index contributed by atoms with van der Waals surface area (Å²) in [6.07, 6.45) is 2.61. The summed E-state index contributed by atoms with van der Waals surface area (Å²) < 4.78 is 5.20. The summed E-state index contributed by atoms with van der Waals surface area (Å²) in [7, 11) is 1.54. The monoisotopic (exact) mass is 282 g/mol. The molecular weight excluding hydrogens is 264 g/mol. The number of carbonyl (C=O) groups excluding carboxylic acids is 1. The number of benzene rings is 1. The quantitative estimate of drug-likeness (QED) is 0.873. The van der Waals surface area contributed by atoms with Crippen LogP contribution in [0.2, 0.25) is 5.02 Å². The fourth-order valence-corrected chi connectivity index (χ4v) is 2.58. The number of amides is 1. The van der Waals surface area contributed by atoms with Crippen LogP contribution in [-0.2, 0) is 4.79 Å². The molecule has 0 radical (unpaired) electrons. The van der Waals surface area contributed by atoms with Crippen molar-refractivity contribution in [2.75, 3.05) is 25.5 Å². The van der Waals surface area contributed by atoms with Crippen LogP contribution in [0.1, 0.15) is 19.3 Å². The smallest absolute Gasteiger partial charge is 0.224 e. The first kappa shape index (κ1) is 14.2. The third kappa shape index (κ3) is 3.85. The molecule has 1 aliphatic heterocycles. The minimum Gasteiger partial charge on any atom is -0.493 e. The Kier molecular flexibility index (Phi) is 5.05. The van der Waals surface area contributed by atoms with Gasteiger partial charge in [-0.1, -0.05) is 17.7 Å². The summed E-state index contributed by atoms with van der Waals surface area (Å²) in [6.45, 7) is 2.09. The van der Waals surface area contributed by atoms with Crippen LogP contribution in [-0.4, -0.2) is 26.1 Å². The van der Waals surface area contributed by atoms with Gasteiger partial charge in [0.2, 0.25) is 5.91 Å². The van der Waals surface area contributed by atoms with Gasteiger partial charge in [0, 0.05) is 6.42 Å². The van der Waals surface area contributed by atoms with Crippen LogP contribution in [0.5, 0.6) is 5.75 Å². The normalized spacial score (nSPS) is 18.3. The highest BCUT2D eigenvalue weighted by molar-refractivity contribution is 6.32. The van der Waals surface area contributed by atoms with E-state index in [1.165, 1.54) is 0 Å². The molecule has 1 aromatic carbocycles. The lowest BCUT2D eigenvalue weighted by Crippen LogP contribution is -2.15. The van der Waals surface area contributed by atoms with E-state index in [1.54, 1.807) is 25.3 Å². The van der Waals surface area contributed by atoms with Crippen molar-refractivity contribution in [2.45, 2.75) is 19.3 Å². The third-order valence-electron chi connectivity index (χ3n) is 3.39. The Labute approximate surface area is 118 Å². The lowest BCUT2D eigenvalue weighted by Gasteiger charge is -2.12. The van der Waals surface area contributed by atoms with Crippen LogP contribution in [0.25, 0.3) is 0 Å². The number of nitrogens with one attached hydrogen (secondary N) is 2. The van der Waals surface area contributed by atoms with Gasteiger partial charge in [0.05, 0.1) is 17.8 Å². The van der Waals surface area contributed by atoms with Crippen LogP contribution in [0.15, 0.2) is 18.2 Å². The van der Waals surface area contributed by atoms with Gasteiger partial charge in [-0.2, -0.15) is 0 Å². The summed E-state index contributed by atoms with van der Waals surface area (Å²) in [6, 6.07) is 5.32. The molecule has 0 bridgehead atoms. The molecule has 1 amide bonds. The molecular formula is C14H19ClN2O2. The number of anilines is 1. The summed E-state index contributed by atoms with van der Waals surface area (Å²) >= 11 is 6.01. The highest BCUT2D eigenvalue weighted by Gasteiger charge is 2.16. The van der Waals surface area contributed by atoms with Crippen molar-refractivity contribution in [1.29, 1.82) is 0 Å². The number of halogens is 1. The molecule has 19 heavy (non-hydrogen) atoms. The second-order valence-corrected chi connectivity index (χ2v) is 5.17. The van der Waals surface area contributed by atoms with Gasteiger partial charge in [-0.15, -0.1) is 0 Å². The van der Waals surface area contributed by atoms with E-state index < -0.39 is 0 Å². The van der Waals surface area contributed by atoms with E-state index in [2.05, 4.69) is 10.6 Å². The van der Waals surface area contributed by atoms with Crippen LogP contribution >= 0.6 is 11.6 Å². The van der Waals surface area contributed by atoms with E-state index in [9.17, 15) is 4.79 Å². The van der Waals surface area contributed by atoms with Crippen LogP contribution in [0.4, 0.5) is 5.69 Å². The van der Waals surface area contributed by atoms with E-state index >= 15 is 0 Å². The SMILES string of the molecule is COc1c(Cl)cccc1NC(=O)CCC1CCNC1. The summed E-state index contributed by atoms with van der Waals surface area (Å²) in [5, 5.41) is 6.66. The second kappa shape index (κ2) is 6.78. The molecule has 1 fully saturated rings. The Hall–Kier alpha value is -1.26. The first-order valence-corrected chi connectivity index (χ1v) is 6.91. The number of para-hydroxylation sites is 1. The van der Waals surface area contributed by atoms with E-state index in [0.717, 1.165) is 25.9 Å². The lowest BCUT2D eigenvalue weighted by molar-refractivity contribution is -0.116. The molecule has 0 aliphatic carbocycles. The van der Waals surface area contributed by atoms with Crippen LogP contribution in [0, 0.1) is 5.92 Å². The minimum absolute atomic E-state index is 0.00691. The van der Waals surface area contributed by atoms with Crippen molar-refractivity contribution in [3.8, 4) is 5.75 Å². The summed E-state index contributed by atoms with van der Waals surface area (Å²) in [5.41, 5.74) is 0.629. The van der Waals surface area contributed by atoms with E-state index in [4.69, 9.17) is 16.3 Å². The standard InChI is InChI=1S/C14H19ClN2O2/c1-19-14-11(15)3-2-4-12(14)17-13(18)6-5-10-7-8-16-9-10/h2-4,10,16H,5-9H2,1H3,(H,17,18). The number of hydrogen-bond acceptors (Lipinski definition) is 3. The number of hydrogen-bond donors (Lipinski definition) is 2. The van der Waals surface area contributed by atoms with Crippen LogP contribution in [0.3, 0.4) is 0 Å². The van der Waals surface area contributed by atoms with E-state index in [-0.39, 0.29) is 5.91 Å². The second-order valence-electron chi connectivity index (χ2n) is 4.77. The zero-order valence-corrected chi connectivity index (χ0v) is 11.8. The van der Waals surface area contributed by atoms with Gasteiger partial charge in [0.1, 0.15) is 0 Å². The van der Waals surface area contributed by atoms with Crippen molar-refractivity contribution in [1.82, 2.24) is 5.32 Å². The summed E-state index contributed by atoms with van der Waals surface area (Å²) in [5.74, 6) is 1.14. The average molecular weight is 283 g/mol. The number of methoxy groups -OCH3 is 1. The average Bonchev–Trinajstić information content (AvgIpc) is 2.90. The first-order valence-electron chi connectivity index (χ1n) is 6.53. The molecule has 104 valence electrons. The van der Waals surface area contributed by atoms with Crippen molar-refractivity contribution >= 4 is 23.2 Å². The van der Waals surface area contributed by atoms with Crippen molar-refractivity contribution in [2.24, 2.45) is 5.92 Å². The van der Waals surface area contributed by atoms with E-state index in [1.807, 2.05) is 0 Å². The molecule has 2 N–H and O–H groups in total. The lowest BCUT2D eigenvalue weighted by atomic mass is 10.0. The van der Waals surface area contributed by atoms with Crippen molar-refractivity contribution in [3.63, 3.8) is 0 Å². The molecule has 0 aromatic heterocycles. The maximum atomic E-state index is 11.9. The van der Waals surface area contributed by atoms with Gasteiger partial charge < -0.3 is 15.4 Å². The fraction of sp³-hybridized carbons (Fsp3) is 0.500.